The topological polar surface area (TPSA) is 38.8 Å². The van der Waals surface area contributed by atoms with Crippen molar-refractivity contribution in [1.82, 2.24) is 20.0 Å². The maximum absolute atomic E-state index is 12.0. The molecule has 144 valence electrons. The van der Waals surface area contributed by atoms with E-state index in [0.717, 1.165) is 12.3 Å². The summed E-state index contributed by atoms with van der Waals surface area (Å²) in [6.07, 6.45) is 3.66. The van der Waals surface area contributed by atoms with Crippen LogP contribution < -0.4 is 5.32 Å². The summed E-state index contributed by atoms with van der Waals surface area (Å²) in [6.45, 7) is 17.1. The molecule has 5 nitrogen and oxygen atoms in total. The van der Waals surface area contributed by atoms with Gasteiger partial charge in [0, 0.05) is 63.3 Å². The van der Waals surface area contributed by atoms with E-state index in [2.05, 4.69) is 33.9 Å². The Bertz CT molecular complexity index is 445. The fraction of sp³-hybridized carbons (Fsp3) is 0.950. The molecule has 1 aliphatic carbocycles. The standard InChI is InChI=1S/C20H38N4O/c1-15(2)20(25)21-18-13-17-5-6-24(19(17)14-18)12-9-22-7-10-23(11-8-22)16(3)4/h15-19H,5-14H2,1-4H3,(H,21,25). The first-order valence-electron chi connectivity index (χ1n) is 10.4. The molecule has 1 saturated carbocycles. The number of amides is 1. The zero-order valence-electron chi connectivity index (χ0n) is 16.7. The molecule has 3 rings (SSSR count). The lowest BCUT2D eigenvalue weighted by Crippen LogP contribution is -2.50. The van der Waals surface area contributed by atoms with Crippen LogP contribution in [0.15, 0.2) is 0 Å². The summed E-state index contributed by atoms with van der Waals surface area (Å²) in [7, 11) is 0. The summed E-state index contributed by atoms with van der Waals surface area (Å²) >= 11 is 0. The van der Waals surface area contributed by atoms with Crippen LogP contribution in [-0.4, -0.2) is 84.5 Å². The molecule has 3 atom stereocenters. The Morgan fingerprint density at radius 2 is 1.72 bits per heavy atom. The van der Waals surface area contributed by atoms with Crippen molar-refractivity contribution in [3.63, 3.8) is 0 Å². The highest BCUT2D eigenvalue weighted by molar-refractivity contribution is 5.78. The maximum atomic E-state index is 12.0. The van der Waals surface area contributed by atoms with Crippen LogP contribution in [0.5, 0.6) is 0 Å². The Morgan fingerprint density at radius 1 is 1.00 bits per heavy atom. The van der Waals surface area contributed by atoms with E-state index in [1.54, 1.807) is 0 Å². The minimum Gasteiger partial charge on any atom is -0.353 e. The Labute approximate surface area is 154 Å². The Hall–Kier alpha value is -0.650. The first-order chi connectivity index (χ1) is 11.9. The molecule has 3 aliphatic rings. The summed E-state index contributed by atoms with van der Waals surface area (Å²) in [5.41, 5.74) is 0. The number of fused-ring (bicyclic) bond motifs is 1. The molecular weight excluding hydrogens is 312 g/mol. The van der Waals surface area contributed by atoms with Crippen molar-refractivity contribution in [2.75, 3.05) is 45.8 Å². The average molecular weight is 351 g/mol. The SMILES string of the molecule is CC(C)C(=O)NC1CC2CCN(CCN3CCN(C(C)C)CC3)C2C1. The minimum absolute atomic E-state index is 0.0982. The molecule has 0 aromatic rings. The molecule has 3 fully saturated rings. The van der Waals surface area contributed by atoms with E-state index in [9.17, 15) is 4.79 Å². The fourth-order valence-electron chi connectivity index (χ4n) is 4.89. The van der Waals surface area contributed by atoms with Gasteiger partial charge in [0.1, 0.15) is 0 Å². The van der Waals surface area contributed by atoms with E-state index in [4.69, 9.17) is 0 Å². The number of nitrogens with one attached hydrogen (secondary N) is 1. The largest absolute Gasteiger partial charge is 0.353 e. The third kappa shape index (κ3) is 4.75. The number of hydrogen-bond acceptors (Lipinski definition) is 4. The molecular formula is C20H38N4O. The van der Waals surface area contributed by atoms with Crippen LogP contribution in [0.2, 0.25) is 0 Å². The first-order valence-corrected chi connectivity index (χ1v) is 10.4. The van der Waals surface area contributed by atoms with Crippen LogP contribution in [-0.2, 0) is 4.79 Å². The van der Waals surface area contributed by atoms with Gasteiger partial charge in [-0.3, -0.25) is 19.5 Å². The van der Waals surface area contributed by atoms with Crippen LogP contribution in [0.4, 0.5) is 0 Å². The van der Waals surface area contributed by atoms with E-state index in [1.165, 1.54) is 58.7 Å². The lowest BCUT2D eigenvalue weighted by molar-refractivity contribution is -0.124. The molecule has 0 aromatic heterocycles. The number of rotatable bonds is 6. The van der Waals surface area contributed by atoms with Crippen molar-refractivity contribution < 1.29 is 4.79 Å². The van der Waals surface area contributed by atoms with Crippen molar-refractivity contribution in [3.05, 3.63) is 0 Å². The zero-order valence-corrected chi connectivity index (χ0v) is 16.7. The lowest BCUT2D eigenvalue weighted by atomic mass is 10.0. The van der Waals surface area contributed by atoms with E-state index in [0.29, 0.717) is 18.1 Å². The molecule has 5 heteroatoms. The Kier molecular flexibility index (Phi) is 6.39. The van der Waals surface area contributed by atoms with Crippen molar-refractivity contribution in [3.8, 4) is 0 Å². The van der Waals surface area contributed by atoms with Gasteiger partial charge in [0.15, 0.2) is 0 Å². The van der Waals surface area contributed by atoms with E-state index in [1.807, 2.05) is 13.8 Å². The summed E-state index contributed by atoms with van der Waals surface area (Å²) < 4.78 is 0. The van der Waals surface area contributed by atoms with Gasteiger partial charge in [0.25, 0.3) is 0 Å². The summed E-state index contributed by atoms with van der Waals surface area (Å²) in [6, 6.07) is 1.79. The number of piperazine rings is 1. The maximum Gasteiger partial charge on any atom is 0.222 e. The van der Waals surface area contributed by atoms with Gasteiger partial charge < -0.3 is 5.32 Å². The second kappa shape index (κ2) is 8.36. The number of carbonyl (C=O) groups excluding carboxylic acids is 1. The van der Waals surface area contributed by atoms with Gasteiger partial charge in [-0.1, -0.05) is 13.8 Å². The number of carbonyl (C=O) groups is 1. The van der Waals surface area contributed by atoms with Gasteiger partial charge in [-0.25, -0.2) is 0 Å². The van der Waals surface area contributed by atoms with Crippen molar-refractivity contribution >= 4 is 5.91 Å². The average Bonchev–Trinajstić information content (AvgIpc) is 3.13. The van der Waals surface area contributed by atoms with Gasteiger partial charge in [0.05, 0.1) is 0 Å². The number of likely N-dealkylation sites (tertiary alicyclic amines) is 1. The predicted octanol–water partition coefficient (Wildman–Crippen LogP) is 1.64. The molecule has 0 bridgehead atoms. The summed E-state index contributed by atoms with van der Waals surface area (Å²) in [5.74, 6) is 1.12. The van der Waals surface area contributed by atoms with Crippen molar-refractivity contribution in [2.45, 2.75) is 65.1 Å². The number of nitrogens with zero attached hydrogens (tertiary/aromatic N) is 3. The smallest absolute Gasteiger partial charge is 0.222 e. The molecule has 2 heterocycles. The zero-order chi connectivity index (χ0) is 18.0. The third-order valence-corrected chi connectivity index (χ3v) is 6.62. The Morgan fingerprint density at radius 3 is 2.36 bits per heavy atom. The van der Waals surface area contributed by atoms with Crippen LogP contribution >= 0.6 is 0 Å². The highest BCUT2D eigenvalue weighted by Gasteiger charge is 2.42. The molecule has 0 radical (unpaired) electrons. The molecule has 0 aromatic carbocycles. The van der Waals surface area contributed by atoms with Crippen molar-refractivity contribution in [1.29, 1.82) is 0 Å². The second-order valence-corrected chi connectivity index (χ2v) is 8.96. The predicted molar refractivity (Wildman–Crippen MR) is 103 cm³/mol. The highest BCUT2D eigenvalue weighted by atomic mass is 16.1. The van der Waals surface area contributed by atoms with Gasteiger partial charge in [-0.2, -0.15) is 0 Å². The highest BCUT2D eigenvalue weighted by Crippen LogP contribution is 2.38. The van der Waals surface area contributed by atoms with Crippen molar-refractivity contribution in [2.24, 2.45) is 11.8 Å². The molecule has 0 spiro atoms. The van der Waals surface area contributed by atoms with Gasteiger partial charge in [-0.05, 0) is 45.6 Å². The quantitative estimate of drug-likeness (QED) is 0.790. The number of hydrogen-bond donors (Lipinski definition) is 1. The van der Waals surface area contributed by atoms with E-state index < -0.39 is 0 Å². The summed E-state index contributed by atoms with van der Waals surface area (Å²) in [5, 5.41) is 3.27. The van der Waals surface area contributed by atoms with E-state index >= 15 is 0 Å². The van der Waals surface area contributed by atoms with Gasteiger partial charge >= 0.3 is 0 Å². The minimum atomic E-state index is 0.0982. The normalized spacial score (nSPS) is 31.8. The monoisotopic (exact) mass is 350 g/mol. The molecule has 1 amide bonds. The second-order valence-electron chi connectivity index (χ2n) is 8.96. The van der Waals surface area contributed by atoms with Crippen LogP contribution in [0.25, 0.3) is 0 Å². The third-order valence-electron chi connectivity index (χ3n) is 6.62. The van der Waals surface area contributed by atoms with Crippen LogP contribution in [0, 0.1) is 11.8 Å². The lowest BCUT2D eigenvalue weighted by Gasteiger charge is -2.38. The van der Waals surface area contributed by atoms with E-state index in [-0.39, 0.29) is 11.8 Å². The molecule has 25 heavy (non-hydrogen) atoms. The molecule has 2 saturated heterocycles. The van der Waals surface area contributed by atoms with Gasteiger partial charge in [-0.15, -0.1) is 0 Å². The Balaban J connectivity index is 1.40. The van der Waals surface area contributed by atoms with Crippen LogP contribution in [0.1, 0.15) is 47.0 Å². The molecule has 1 N–H and O–H groups in total. The molecule has 2 aliphatic heterocycles. The fourth-order valence-corrected chi connectivity index (χ4v) is 4.89. The molecule has 3 unspecified atom stereocenters. The van der Waals surface area contributed by atoms with Gasteiger partial charge in [0.2, 0.25) is 5.91 Å². The first kappa shape index (κ1) is 19.1. The summed E-state index contributed by atoms with van der Waals surface area (Å²) in [4.78, 5) is 19.9. The van der Waals surface area contributed by atoms with Crippen LogP contribution in [0.3, 0.4) is 0 Å².